The lowest BCUT2D eigenvalue weighted by molar-refractivity contribution is -0.155. The van der Waals surface area contributed by atoms with Crippen LogP contribution in [0.2, 0.25) is 0 Å². The molecule has 6 rings (SSSR count). The van der Waals surface area contributed by atoms with E-state index in [2.05, 4.69) is 4.98 Å². The SMILES string of the molecule is CCOc1cc(C2c3sc(=O)[nH]c3SC3C4CC(C5C(=O)N(CC(=O)OC(C)C)C(=O)C45)C23)ccc1O. The number of ether oxygens (including phenoxy) is 2. The fourth-order valence-electron chi connectivity index (χ4n) is 7.03. The summed E-state index contributed by atoms with van der Waals surface area (Å²) in [5, 5.41) is 11.1. The molecular weight excluding hydrogens is 516 g/mol. The zero-order chi connectivity index (χ0) is 26.2. The molecule has 11 heteroatoms. The Kier molecular flexibility index (Phi) is 5.91. The average Bonchev–Trinajstić information content (AvgIpc) is 3.56. The van der Waals surface area contributed by atoms with Gasteiger partial charge in [0.2, 0.25) is 11.8 Å². The van der Waals surface area contributed by atoms with Gasteiger partial charge in [-0.3, -0.25) is 24.1 Å². The summed E-state index contributed by atoms with van der Waals surface area (Å²) in [6.45, 7) is 5.34. The van der Waals surface area contributed by atoms with Crippen LogP contribution in [0, 0.1) is 29.6 Å². The number of thiazole rings is 1. The van der Waals surface area contributed by atoms with Crippen molar-refractivity contribution in [2.75, 3.05) is 13.2 Å². The van der Waals surface area contributed by atoms with E-state index in [4.69, 9.17) is 9.47 Å². The summed E-state index contributed by atoms with van der Waals surface area (Å²) in [6.07, 6.45) is 0.426. The quantitative estimate of drug-likeness (QED) is 0.420. The summed E-state index contributed by atoms with van der Waals surface area (Å²) in [5.74, 6) is -1.92. The number of aromatic hydroxyl groups is 1. The molecule has 0 spiro atoms. The second-order valence-corrected chi connectivity index (χ2v) is 12.6. The number of rotatable bonds is 6. The molecule has 1 aromatic heterocycles. The number of H-pyrrole nitrogens is 1. The number of esters is 1. The molecule has 3 fully saturated rings. The van der Waals surface area contributed by atoms with E-state index < -0.39 is 17.8 Å². The molecule has 2 aliphatic carbocycles. The molecule has 1 saturated heterocycles. The molecular formula is C26H28N2O7S2. The van der Waals surface area contributed by atoms with E-state index in [-0.39, 0.29) is 64.0 Å². The standard InChI is InChI=1S/C26H28N2O7S2/c1-4-34-15-7-11(5-6-14(15)29)17-18-12-8-13(21(18)36-23-22(17)37-26(33)27-23)20-19(12)24(31)28(25(20)32)9-16(30)35-10(2)3/h5-7,10,12-13,17-21,29H,4,8-9H2,1-3H3,(H,27,33). The van der Waals surface area contributed by atoms with Crippen molar-refractivity contribution in [3.05, 3.63) is 38.3 Å². The van der Waals surface area contributed by atoms with E-state index in [0.717, 1.165) is 26.8 Å². The van der Waals surface area contributed by atoms with Crippen molar-refractivity contribution in [2.45, 2.75) is 49.5 Å². The van der Waals surface area contributed by atoms with Gasteiger partial charge in [0, 0.05) is 16.0 Å². The molecule has 4 aliphatic rings. The van der Waals surface area contributed by atoms with Gasteiger partial charge in [-0.25, -0.2) is 0 Å². The van der Waals surface area contributed by atoms with E-state index in [1.807, 2.05) is 19.1 Å². The van der Waals surface area contributed by atoms with Gasteiger partial charge >= 0.3 is 10.8 Å². The molecule has 2 aromatic rings. The fraction of sp³-hybridized carbons (Fsp3) is 0.538. The Balaban J connectivity index is 1.38. The first kappa shape index (κ1) is 24.5. The third-order valence-electron chi connectivity index (χ3n) is 8.11. The number of thioether (sulfide) groups is 1. The maximum Gasteiger partial charge on any atom is 0.326 e. The predicted molar refractivity (Wildman–Crippen MR) is 136 cm³/mol. The van der Waals surface area contributed by atoms with E-state index in [0.29, 0.717) is 12.4 Å². The maximum absolute atomic E-state index is 13.5. The lowest BCUT2D eigenvalue weighted by Gasteiger charge is -2.43. The van der Waals surface area contributed by atoms with Crippen LogP contribution in [0.15, 0.2) is 28.0 Å². The van der Waals surface area contributed by atoms with E-state index in [9.17, 15) is 24.3 Å². The summed E-state index contributed by atoms with van der Waals surface area (Å²) in [4.78, 5) is 56.5. The molecule has 2 amide bonds. The van der Waals surface area contributed by atoms with Gasteiger partial charge in [-0.1, -0.05) is 17.4 Å². The molecule has 2 bridgehead atoms. The van der Waals surface area contributed by atoms with Crippen molar-refractivity contribution < 1.29 is 29.0 Å². The zero-order valence-electron chi connectivity index (χ0n) is 20.6. The van der Waals surface area contributed by atoms with Gasteiger partial charge in [0.25, 0.3) is 0 Å². The summed E-state index contributed by atoms with van der Waals surface area (Å²) in [6, 6.07) is 5.28. The van der Waals surface area contributed by atoms with E-state index in [1.54, 1.807) is 31.7 Å². The number of hydrogen-bond acceptors (Lipinski definition) is 9. The van der Waals surface area contributed by atoms with Crippen LogP contribution in [0.4, 0.5) is 0 Å². The van der Waals surface area contributed by atoms with Crippen molar-refractivity contribution in [3.8, 4) is 11.5 Å². The third-order valence-corrected chi connectivity index (χ3v) is 10.7. The Bertz CT molecular complexity index is 1350. The molecule has 2 saturated carbocycles. The van der Waals surface area contributed by atoms with Crippen molar-refractivity contribution in [3.63, 3.8) is 0 Å². The molecule has 2 aliphatic heterocycles. The van der Waals surface area contributed by atoms with Crippen molar-refractivity contribution in [1.29, 1.82) is 0 Å². The van der Waals surface area contributed by atoms with Crippen molar-refractivity contribution >= 4 is 40.9 Å². The van der Waals surface area contributed by atoms with Crippen LogP contribution in [-0.2, 0) is 19.1 Å². The van der Waals surface area contributed by atoms with Crippen LogP contribution in [-0.4, -0.2) is 57.3 Å². The number of fused-ring (bicyclic) bond motifs is 9. The van der Waals surface area contributed by atoms with Crippen molar-refractivity contribution in [1.82, 2.24) is 9.88 Å². The highest BCUT2D eigenvalue weighted by Crippen LogP contribution is 2.68. The van der Waals surface area contributed by atoms with E-state index >= 15 is 0 Å². The Morgan fingerprint density at radius 2 is 1.92 bits per heavy atom. The first-order valence-corrected chi connectivity index (χ1v) is 14.3. The highest BCUT2D eigenvalue weighted by atomic mass is 32.2. The zero-order valence-corrected chi connectivity index (χ0v) is 22.3. The minimum atomic E-state index is -0.582. The highest BCUT2D eigenvalue weighted by Gasteiger charge is 2.69. The number of nitrogens with zero attached hydrogens (tertiary/aromatic N) is 1. The molecule has 37 heavy (non-hydrogen) atoms. The van der Waals surface area contributed by atoms with Crippen molar-refractivity contribution in [2.24, 2.45) is 29.6 Å². The van der Waals surface area contributed by atoms with Crippen LogP contribution in [0.25, 0.3) is 0 Å². The highest BCUT2D eigenvalue weighted by molar-refractivity contribution is 8.00. The molecule has 1 aromatic carbocycles. The first-order valence-electron chi connectivity index (χ1n) is 12.6. The summed E-state index contributed by atoms with van der Waals surface area (Å²) in [5.41, 5.74) is 0.909. The third kappa shape index (κ3) is 3.72. The Hall–Kier alpha value is -2.79. The van der Waals surface area contributed by atoms with Gasteiger partial charge in [0.15, 0.2) is 11.5 Å². The normalized spacial score (nSPS) is 31.5. The number of benzene rings is 1. The topological polar surface area (TPSA) is 126 Å². The Labute approximate surface area is 221 Å². The largest absolute Gasteiger partial charge is 0.504 e. The molecule has 9 nitrogen and oxygen atoms in total. The number of nitrogens with one attached hydrogen (secondary N) is 1. The number of likely N-dealkylation sites (tertiary alicyclic amines) is 1. The molecule has 2 N–H and O–H groups in total. The van der Waals surface area contributed by atoms with Gasteiger partial charge in [0.05, 0.1) is 29.6 Å². The molecule has 0 radical (unpaired) electrons. The Morgan fingerprint density at radius 3 is 2.62 bits per heavy atom. The van der Waals surface area contributed by atoms with Crippen LogP contribution in [0.3, 0.4) is 0 Å². The fourth-order valence-corrected chi connectivity index (χ4v) is 9.92. The number of hydrogen-bond donors (Lipinski definition) is 2. The molecule has 196 valence electrons. The molecule has 3 heterocycles. The monoisotopic (exact) mass is 544 g/mol. The molecule has 7 atom stereocenters. The summed E-state index contributed by atoms with van der Waals surface area (Å²) < 4.78 is 10.8. The minimum Gasteiger partial charge on any atom is -0.504 e. The first-order chi connectivity index (χ1) is 17.7. The van der Waals surface area contributed by atoms with Crippen LogP contribution >= 0.6 is 23.1 Å². The summed E-state index contributed by atoms with van der Waals surface area (Å²) in [7, 11) is 0. The van der Waals surface area contributed by atoms with Gasteiger partial charge < -0.3 is 19.6 Å². The number of imide groups is 1. The number of aromatic nitrogens is 1. The smallest absolute Gasteiger partial charge is 0.326 e. The number of phenolic OH excluding ortho intramolecular Hbond substituents is 1. The van der Waals surface area contributed by atoms with Gasteiger partial charge in [0.1, 0.15) is 6.54 Å². The second kappa shape index (κ2) is 8.90. The minimum absolute atomic E-state index is 0.0218. The average molecular weight is 545 g/mol. The lowest BCUT2D eigenvalue weighted by atomic mass is 9.68. The van der Waals surface area contributed by atoms with Gasteiger partial charge in [-0.05, 0) is 62.6 Å². The Morgan fingerprint density at radius 1 is 1.19 bits per heavy atom. The molecule has 7 unspecified atom stereocenters. The van der Waals surface area contributed by atoms with Gasteiger partial charge in [-0.15, -0.1) is 11.8 Å². The summed E-state index contributed by atoms with van der Waals surface area (Å²) >= 11 is 2.78. The second-order valence-electron chi connectivity index (χ2n) is 10.4. The lowest BCUT2D eigenvalue weighted by Crippen LogP contribution is -2.42. The van der Waals surface area contributed by atoms with Crippen LogP contribution < -0.4 is 9.61 Å². The maximum atomic E-state index is 13.5. The van der Waals surface area contributed by atoms with Crippen LogP contribution in [0.1, 0.15) is 43.6 Å². The van der Waals surface area contributed by atoms with Gasteiger partial charge in [-0.2, -0.15) is 0 Å². The van der Waals surface area contributed by atoms with Crippen LogP contribution in [0.5, 0.6) is 11.5 Å². The number of phenols is 1. The predicted octanol–water partition coefficient (Wildman–Crippen LogP) is 2.97. The number of amides is 2. The van der Waals surface area contributed by atoms with E-state index in [1.165, 1.54) is 11.3 Å². The number of aromatic amines is 1. The number of carbonyl (C=O) groups excluding carboxylic acids is 3. The number of carbonyl (C=O) groups is 3.